The molecule has 0 bridgehead atoms. The number of aromatic nitrogens is 4. The Kier molecular flexibility index (Phi) is 2.81. The maximum atomic E-state index is 4.15. The third-order valence-corrected chi connectivity index (χ3v) is 3.23. The molecule has 6 heteroatoms. The smallest absolute Gasteiger partial charge is 0.160 e. The molecule has 0 unspecified atom stereocenters. The van der Waals surface area contributed by atoms with E-state index in [1.807, 2.05) is 40.5 Å². The van der Waals surface area contributed by atoms with Gasteiger partial charge >= 0.3 is 0 Å². The van der Waals surface area contributed by atoms with E-state index in [9.17, 15) is 0 Å². The van der Waals surface area contributed by atoms with Crippen LogP contribution in [0, 0.1) is 0 Å². The van der Waals surface area contributed by atoms with Crippen molar-refractivity contribution in [2.24, 2.45) is 0 Å². The second kappa shape index (κ2) is 4.60. The second-order valence-corrected chi connectivity index (χ2v) is 4.59. The van der Waals surface area contributed by atoms with E-state index in [1.165, 1.54) is 4.88 Å². The summed E-state index contributed by atoms with van der Waals surface area (Å²) in [6.07, 6.45) is 3.85. The summed E-state index contributed by atoms with van der Waals surface area (Å²) < 4.78 is 1.99. The molecule has 3 heterocycles. The van der Waals surface area contributed by atoms with E-state index in [0.717, 1.165) is 18.0 Å². The molecule has 0 aliphatic rings. The molecule has 0 fully saturated rings. The fourth-order valence-electron chi connectivity index (χ4n) is 1.64. The average Bonchev–Trinajstić information content (AvgIpc) is 2.99. The molecule has 0 spiro atoms. The summed E-state index contributed by atoms with van der Waals surface area (Å²) in [5.74, 6) is 0.921. The Bertz CT molecular complexity index is 601. The highest BCUT2D eigenvalue weighted by molar-refractivity contribution is 7.09. The zero-order valence-corrected chi connectivity index (χ0v) is 9.89. The van der Waals surface area contributed by atoms with Crippen LogP contribution >= 0.6 is 11.3 Å². The number of hydrogen-bond acceptors (Lipinski definition) is 5. The number of fused-ring (bicyclic) bond motifs is 1. The molecule has 0 saturated carbocycles. The minimum atomic E-state index is 0.698. The third-order valence-electron chi connectivity index (χ3n) is 2.45. The topological polar surface area (TPSA) is 55.1 Å². The molecule has 3 aromatic rings. The number of nitrogens with one attached hydrogen (secondary N) is 1. The fraction of sp³-hybridized carbons (Fsp3) is 0.182. The number of pyridine rings is 1. The molecular formula is C11H11N5S. The van der Waals surface area contributed by atoms with Crippen LogP contribution in [0.3, 0.4) is 0 Å². The molecule has 86 valence electrons. The summed E-state index contributed by atoms with van der Waals surface area (Å²) in [5.41, 5.74) is 2.71. The normalized spacial score (nSPS) is 11.1. The molecule has 17 heavy (non-hydrogen) atoms. The van der Waals surface area contributed by atoms with E-state index >= 15 is 0 Å². The summed E-state index contributed by atoms with van der Waals surface area (Å²) in [5, 5.41) is 11.6. The predicted molar refractivity (Wildman–Crippen MR) is 65.6 cm³/mol. The van der Waals surface area contributed by atoms with Crippen molar-refractivity contribution >= 4 is 17.0 Å². The predicted octanol–water partition coefficient (Wildman–Crippen LogP) is 1.48. The Morgan fingerprint density at radius 3 is 3.12 bits per heavy atom. The van der Waals surface area contributed by atoms with E-state index in [1.54, 1.807) is 11.3 Å². The monoisotopic (exact) mass is 245 g/mol. The molecule has 1 N–H and O–H groups in total. The Balaban J connectivity index is 1.69. The van der Waals surface area contributed by atoms with Gasteiger partial charge in [0.05, 0.1) is 12.1 Å². The van der Waals surface area contributed by atoms with Crippen molar-refractivity contribution in [3.8, 4) is 0 Å². The number of hydrogen-bond donors (Lipinski definition) is 1. The number of rotatable bonds is 4. The van der Waals surface area contributed by atoms with Crippen LogP contribution in [0.2, 0.25) is 0 Å². The summed E-state index contributed by atoms with van der Waals surface area (Å²) in [4.78, 5) is 5.25. The van der Waals surface area contributed by atoms with Gasteiger partial charge in [0.15, 0.2) is 11.5 Å². The summed E-state index contributed by atoms with van der Waals surface area (Å²) in [7, 11) is 0. The number of thiazole rings is 1. The van der Waals surface area contributed by atoms with Crippen LogP contribution < -0.4 is 5.32 Å². The van der Waals surface area contributed by atoms with Gasteiger partial charge in [-0.05, 0) is 12.1 Å². The molecule has 5 nitrogen and oxygen atoms in total. The molecule has 0 aromatic carbocycles. The van der Waals surface area contributed by atoms with E-state index in [0.29, 0.717) is 6.54 Å². The molecule has 3 aromatic heterocycles. The van der Waals surface area contributed by atoms with Crippen molar-refractivity contribution in [1.29, 1.82) is 0 Å². The van der Waals surface area contributed by atoms with Crippen LogP contribution in [0.25, 0.3) is 5.65 Å². The van der Waals surface area contributed by atoms with Crippen molar-refractivity contribution < 1.29 is 0 Å². The molecule has 0 aliphatic heterocycles. The van der Waals surface area contributed by atoms with Crippen molar-refractivity contribution in [2.45, 2.75) is 13.1 Å². The Hall–Kier alpha value is -1.79. The summed E-state index contributed by atoms with van der Waals surface area (Å²) in [6, 6.07) is 5.88. The average molecular weight is 245 g/mol. The first-order valence-electron chi connectivity index (χ1n) is 5.30. The Labute approximate surface area is 102 Å². The van der Waals surface area contributed by atoms with E-state index < -0.39 is 0 Å². The van der Waals surface area contributed by atoms with Crippen LogP contribution in [0.15, 0.2) is 36.1 Å². The highest BCUT2D eigenvalue weighted by atomic mass is 32.1. The van der Waals surface area contributed by atoms with Gasteiger partial charge in [-0.15, -0.1) is 21.5 Å². The first kappa shape index (κ1) is 10.4. The van der Waals surface area contributed by atoms with Gasteiger partial charge in [0.25, 0.3) is 0 Å². The van der Waals surface area contributed by atoms with Gasteiger partial charge in [-0.3, -0.25) is 9.38 Å². The minimum absolute atomic E-state index is 0.698. The van der Waals surface area contributed by atoms with Gasteiger partial charge in [0, 0.05) is 23.8 Å². The van der Waals surface area contributed by atoms with E-state index in [4.69, 9.17) is 0 Å². The Morgan fingerprint density at radius 1 is 1.24 bits per heavy atom. The lowest BCUT2D eigenvalue weighted by atomic mass is 10.4. The van der Waals surface area contributed by atoms with Crippen LogP contribution in [0.5, 0.6) is 0 Å². The maximum Gasteiger partial charge on any atom is 0.160 e. The van der Waals surface area contributed by atoms with Gasteiger partial charge < -0.3 is 5.32 Å². The third kappa shape index (κ3) is 2.17. The standard InChI is InChI=1S/C11H11N5S/c1-2-4-16-10(3-1)14-15-11(16)7-12-5-9-6-13-8-17-9/h1-4,6,8,12H,5,7H2. The van der Waals surface area contributed by atoms with Crippen LogP contribution in [0.4, 0.5) is 0 Å². The molecule has 3 rings (SSSR count). The minimum Gasteiger partial charge on any atom is -0.305 e. The lowest BCUT2D eigenvalue weighted by molar-refractivity contribution is 0.662. The second-order valence-electron chi connectivity index (χ2n) is 3.62. The first-order chi connectivity index (χ1) is 8.43. The van der Waals surface area contributed by atoms with Gasteiger partial charge in [0.1, 0.15) is 0 Å². The molecule has 0 radical (unpaired) electrons. The van der Waals surface area contributed by atoms with Gasteiger partial charge in [-0.25, -0.2) is 0 Å². The zero-order valence-electron chi connectivity index (χ0n) is 9.08. The lowest BCUT2D eigenvalue weighted by Gasteiger charge is -2.01. The highest BCUT2D eigenvalue weighted by Gasteiger charge is 2.03. The van der Waals surface area contributed by atoms with Gasteiger partial charge in [0.2, 0.25) is 0 Å². The fourth-order valence-corrected chi connectivity index (χ4v) is 2.20. The molecule has 0 aliphatic carbocycles. The van der Waals surface area contributed by atoms with Crippen molar-refractivity contribution in [3.05, 3.63) is 46.8 Å². The summed E-state index contributed by atoms with van der Waals surface area (Å²) in [6.45, 7) is 1.51. The van der Waals surface area contributed by atoms with Crippen LogP contribution in [-0.2, 0) is 13.1 Å². The van der Waals surface area contributed by atoms with Crippen molar-refractivity contribution in [1.82, 2.24) is 24.9 Å². The molecule has 0 saturated heterocycles. The number of nitrogens with zero attached hydrogens (tertiary/aromatic N) is 4. The maximum absolute atomic E-state index is 4.15. The van der Waals surface area contributed by atoms with Crippen molar-refractivity contribution in [2.75, 3.05) is 0 Å². The Morgan fingerprint density at radius 2 is 2.24 bits per heavy atom. The quantitative estimate of drug-likeness (QED) is 0.756. The van der Waals surface area contributed by atoms with E-state index in [2.05, 4.69) is 20.5 Å². The molecule has 0 atom stereocenters. The van der Waals surface area contributed by atoms with Crippen LogP contribution in [0.1, 0.15) is 10.7 Å². The van der Waals surface area contributed by atoms with Crippen LogP contribution in [-0.4, -0.2) is 19.6 Å². The molecule has 0 amide bonds. The highest BCUT2D eigenvalue weighted by Crippen LogP contribution is 2.06. The van der Waals surface area contributed by atoms with Gasteiger partial charge in [-0.2, -0.15) is 0 Å². The summed E-state index contributed by atoms with van der Waals surface area (Å²) >= 11 is 1.65. The van der Waals surface area contributed by atoms with Crippen molar-refractivity contribution in [3.63, 3.8) is 0 Å². The van der Waals surface area contributed by atoms with E-state index in [-0.39, 0.29) is 0 Å². The van der Waals surface area contributed by atoms with Gasteiger partial charge in [-0.1, -0.05) is 6.07 Å². The SMILES string of the molecule is c1ccn2c(CNCc3cncs3)nnc2c1. The largest absolute Gasteiger partial charge is 0.305 e. The first-order valence-corrected chi connectivity index (χ1v) is 6.18. The zero-order chi connectivity index (χ0) is 11.5. The lowest BCUT2D eigenvalue weighted by Crippen LogP contribution is -2.14. The molecular weight excluding hydrogens is 234 g/mol.